The summed E-state index contributed by atoms with van der Waals surface area (Å²) in [5.74, 6) is 0.263. The maximum Gasteiger partial charge on any atom is 0.310 e. The number of ether oxygens (including phenoxy) is 4. The van der Waals surface area contributed by atoms with E-state index >= 15 is 0 Å². The number of benzene rings is 3. The summed E-state index contributed by atoms with van der Waals surface area (Å²) in [5, 5.41) is 1.65. The second-order valence-electron chi connectivity index (χ2n) is 13.4. The number of rotatable bonds is 11. The van der Waals surface area contributed by atoms with Crippen molar-refractivity contribution in [2.45, 2.75) is 64.2 Å². The van der Waals surface area contributed by atoms with Crippen molar-refractivity contribution >= 4 is 51.0 Å². The average Bonchev–Trinajstić information content (AvgIpc) is 3.78. The van der Waals surface area contributed by atoms with Crippen LogP contribution in [0, 0.1) is 11.8 Å². The molecule has 7 rings (SSSR count). The smallest absolute Gasteiger partial charge is 0.310 e. The molecule has 12 heteroatoms. The summed E-state index contributed by atoms with van der Waals surface area (Å²) < 4.78 is 28.9. The standard InChI is InChI=1S/C39H42ClN3O7S/c1-47-25-14-13-24(34(20-25)48-2)22-50-39(46)27-9-4-3-8-26(27)38(45)43-19-17-28-30(40)15-16-33(37(28)32(43)21-42-18-7-12-36(42)44)49-23-31-29-10-5-6-11-35(29)51-41-31/h5-6,10-11,13-16,20,26-27,32H,3-4,7-9,12,17-19,21-23H2,1-2H3/t26-,27+,32-/m1/s1. The van der Waals surface area contributed by atoms with Crippen LogP contribution in [0.15, 0.2) is 54.6 Å². The van der Waals surface area contributed by atoms with Crippen molar-refractivity contribution in [2.75, 3.05) is 33.9 Å². The Balaban J connectivity index is 1.16. The summed E-state index contributed by atoms with van der Waals surface area (Å²) in [6.45, 7) is 1.64. The number of carbonyl (C=O) groups is 3. The molecule has 0 N–H and O–H groups in total. The van der Waals surface area contributed by atoms with E-state index in [2.05, 4.69) is 4.37 Å². The van der Waals surface area contributed by atoms with Gasteiger partial charge in [-0.05, 0) is 73.1 Å². The molecule has 268 valence electrons. The molecule has 3 atom stereocenters. The lowest BCUT2D eigenvalue weighted by Gasteiger charge is -2.43. The van der Waals surface area contributed by atoms with E-state index in [0.29, 0.717) is 73.2 Å². The van der Waals surface area contributed by atoms with E-state index in [0.717, 1.165) is 46.2 Å². The number of aromatic nitrogens is 1. The number of hydrogen-bond donors (Lipinski definition) is 0. The number of esters is 1. The van der Waals surface area contributed by atoms with Gasteiger partial charge in [0.2, 0.25) is 11.8 Å². The van der Waals surface area contributed by atoms with E-state index < -0.39 is 23.8 Å². The first-order valence-corrected chi connectivity index (χ1v) is 18.7. The van der Waals surface area contributed by atoms with Gasteiger partial charge in [-0.2, -0.15) is 4.37 Å². The molecule has 3 aromatic carbocycles. The molecule has 2 amide bonds. The van der Waals surface area contributed by atoms with Gasteiger partial charge in [-0.1, -0.05) is 42.6 Å². The highest BCUT2D eigenvalue weighted by Gasteiger charge is 2.44. The number of carbonyl (C=O) groups excluding carboxylic acids is 3. The third kappa shape index (κ3) is 7.23. The Kier molecular flexibility index (Phi) is 10.7. The van der Waals surface area contributed by atoms with Crippen molar-refractivity contribution in [3.8, 4) is 17.2 Å². The Morgan fingerprint density at radius 3 is 2.53 bits per heavy atom. The number of nitrogens with zero attached hydrogens (tertiary/aromatic N) is 3. The second-order valence-corrected chi connectivity index (χ2v) is 14.6. The monoisotopic (exact) mass is 731 g/mol. The lowest BCUT2D eigenvalue weighted by atomic mass is 9.77. The van der Waals surface area contributed by atoms with Crippen LogP contribution in [-0.2, 0) is 38.8 Å². The first-order valence-electron chi connectivity index (χ1n) is 17.6. The maximum absolute atomic E-state index is 14.8. The molecule has 4 aromatic rings. The molecular formula is C39H42ClN3O7S. The summed E-state index contributed by atoms with van der Waals surface area (Å²) in [7, 11) is 3.14. The quantitative estimate of drug-likeness (QED) is 0.150. The molecule has 0 spiro atoms. The van der Waals surface area contributed by atoms with Crippen LogP contribution in [0.3, 0.4) is 0 Å². The zero-order chi connectivity index (χ0) is 35.5. The van der Waals surface area contributed by atoms with Crippen LogP contribution >= 0.6 is 23.1 Å². The largest absolute Gasteiger partial charge is 0.497 e. The van der Waals surface area contributed by atoms with Crippen molar-refractivity contribution < 1.29 is 33.3 Å². The Hall–Kier alpha value is -4.35. The summed E-state index contributed by atoms with van der Waals surface area (Å²) in [6, 6.07) is 16.6. The highest BCUT2D eigenvalue weighted by molar-refractivity contribution is 7.13. The van der Waals surface area contributed by atoms with Gasteiger partial charge >= 0.3 is 5.97 Å². The van der Waals surface area contributed by atoms with E-state index in [1.807, 2.05) is 52.3 Å². The summed E-state index contributed by atoms with van der Waals surface area (Å²) in [4.78, 5) is 45.2. The molecule has 1 aliphatic carbocycles. The zero-order valence-electron chi connectivity index (χ0n) is 28.9. The van der Waals surface area contributed by atoms with Crippen LogP contribution in [0.25, 0.3) is 10.1 Å². The van der Waals surface area contributed by atoms with Crippen molar-refractivity contribution in [1.82, 2.24) is 14.2 Å². The fraction of sp³-hybridized carbons (Fsp3) is 0.436. The predicted octanol–water partition coefficient (Wildman–Crippen LogP) is 7.14. The molecule has 3 heterocycles. The molecule has 1 saturated carbocycles. The van der Waals surface area contributed by atoms with Crippen LogP contribution in [0.2, 0.25) is 5.02 Å². The molecule has 2 aliphatic heterocycles. The first-order chi connectivity index (χ1) is 24.9. The van der Waals surface area contributed by atoms with Crippen LogP contribution < -0.4 is 14.2 Å². The SMILES string of the molecule is COc1ccc(COC(=O)[C@H]2CCCC[C@H]2C(=O)N2CCc3c(Cl)ccc(OCc4nsc5ccccc45)c3[C@H]2CN2CCCC2=O)c(OC)c1. The highest BCUT2D eigenvalue weighted by Crippen LogP contribution is 2.44. The maximum atomic E-state index is 14.8. The van der Waals surface area contributed by atoms with Crippen molar-refractivity contribution in [3.63, 3.8) is 0 Å². The molecular weight excluding hydrogens is 690 g/mol. The molecule has 0 radical (unpaired) electrons. The van der Waals surface area contributed by atoms with Gasteiger partial charge < -0.3 is 28.7 Å². The second kappa shape index (κ2) is 15.5. The van der Waals surface area contributed by atoms with Crippen LogP contribution in [0.4, 0.5) is 0 Å². The van der Waals surface area contributed by atoms with E-state index in [-0.39, 0.29) is 25.0 Å². The molecule has 51 heavy (non-hydrogen) atoms. The zero-order valence-corrected chi connectivity index (χ0v) is 30.5. The normalized spacial score (nSPS) is 20.3. The number of fused-ring (bicyclic) bond motifs is 2. The third-order valence-electron chi connectivity index (χ3n) is 10.5. The van der Waals surface area contributed by atoms with Gasteiger partial charge in [-0.15, -0.1) is 0 Å². The molecule has 1 saturated heterocycles. The molecule has 0 unspecified atom stereocenters. The van der Waals surface area contributed by atoms with Gasteiger partial charge in [0.1, 0.15) is 30.5 Å². The lowest BCUT2D eigenvalue weighted by molar-refractivity contribution is -0.159. The topological polar surface area (TPSA) is 108 Å². The number of halogens is 1. The van der Waals surface area contributed by atoms with Crippen LogP contribution in [-0.4, -0.2) is 65.8 Å². The van der Waals surface area contributed by atoms with Gasteiger partial charge in [0.15, 0.2) is 0 Å². The van der Waals surface area contributed by atoms with Crippen LogP contribution in [0.5, 0.6) is 17.2 Å². The summed E-state index contributed by atoms with van der Waals surface area (Å²) in [5.41, 5.74) is 3.29. The Morgan fingerprint density at radius 2 is 1.75 bits per heavy atom. The average molecular weight is 732 g/mol. The van der Waals surface area contributed by atoms with Gasteiger partial charge in [-0.3, -0.25) is 14.4 Å². The fourth-order valence-corrected chi connectivity index (χ4v) is 8.84. The molecule has 10 nitrogen and oxygen atoms in total. The molecule has 1 aromatic heterocycles. The molecule has 0 bridgehead atoms. The number of likely N-dealkylation sites (tertiary alicyclic amines) is 1. The van der Waals surface area contributed by atoms with Crippen molar-refractivity contribution in [3.05, 3.63) is 82.0 Å². The van der Waals surface area contributed by atoms with Gasteiger partial charge in [-0.25, -0.2) is 0 Å². The van der Waals surface area contributed by atoms with Crippen molar-refractivity contribution in [2.24, 2.45) is 11.8 Å². The summed E-state index contributed by atoms with van der Waals surface area (Å²) >= 11 is 8.27. The van der Waals surface area contributed by atoms with E-state index in [1.165, 1.54) is 11.5 Å². The predicted molar refractivity (Wildman–Crippen MR) is 194 cm³/mol. The number of amides is 2. The lowest BCUT2D eigenvalue weighted by Crippen LogP contribution is -2.50. The number of hydrogen-bond acceptors (Lipinski definition) is 9. The Labute approximate surface area is 306 Å². The molecule has 2 fully saturated rings. The van der Waals surface area contributed by atoms with Gasteiger partial charge in [0.25, 0.3) is 0 Å². The summed E-state index contributed by atoms with van der Waals surface area (Å²) in [6.07, 6.45) is 4.61. The minimum absolute atomic E-state index is 0.0215. The number of methoxy groups -OCH3 is 2. The van der Waals surface area contributed by atoms with Crippen LogP contribution in [0.1, 0.15) is 67.0 Å². The van der Waals surface area contributed by atoms with E-state index in [9.17, 15) is 14.4 Å². The van der Waals surface area contributed by atoms with E-state index in [4.69, 9.17) is 30.5 Å². The first kappa shape index (κ1) is 35.1. The molecule has 3 aliphatic rings. The van der Waals surface area contributed by atoms with Gasteiger partial charge in [0, 0.05) is 53.7 Å². The third-order valence-corrected chi connectivity index (χ3v) is 11.7. The Morgan fingerprint density at radius 1 is 0.922 bits per heavy atom. The Bertz CT molecular complexity index is 1930. The fourth-order valence-electron chi connectivity index (χ4n) is 7.80. The minimum atomic E-state index is -0.584. The van der Waals surface area contributed by atoms with Gasteiger partial charge in [0.05, 0.1) is 42.5 Å². The van der Waals surface area contributed by atoms with E-state index in [1.54, 1.807) is 26.4 Å². The minimum Gasteiger partial charge on any atom is -0.497 e. The van der Waals surface area contributed by atoms with Crippen molar-refractivity contribution in [1.29, 1.82) is 0 Å². The highest BCUT2D eigenvalue weighted by atomic mass is 35.5.